The maximum Gasteiger partial charge on any atom is 0.163 e. The molecule has 4 unspecified atom stereocenters. The molecule has 24 heavy (non-hydrogen) atoms. The Morgan fingerprint density at radius 2 is 1.38 bits per heavy atom. The number of rotatable bonds is 5. The van der Waals surface area contributed by atoms with Gasteiger partial charge in [-0.2, -0.15) is 0 Å². The van der Waals surface area contributed by atoms with Gasteiger partial charge in [-0.25, -0.2) is 0 Å². The van der Waals surface area contributed by atoms with E-state index in [0.29, 0.717) is 19.1 Å². The molecule has 0 radical (unpaired) electrons. The lowest BCUT2D eigenvalue weighted by molar-refractivity contribution is -0.201. The van der Waals surface area contributed by atoms with Gasteiger partial charge < -0.3 is 23.7 Å². The van der Waals surface area contributed by atoms with E-state index in [0.717, 1.165) is 0 Å². The normalized spacial score (nSPS) is 35.1. The van der Waals surface area contributed by atoms with Gasteiger partial charge in [0.1, 0.15) is 6.10 Å². The summed E-state index contributed by atoms with van der Waals surface area (Å²) in [7, 11) is 0. The standard InChI is InChI=1S/C19H34O5/c1-17(2,3)24-16(14-11-21-19(6,7)23-14)15(12-8-9-12)13-10-20-18(4,5)22-13/h12-16H,8-11H2,1-7H3. The highest BCUT2D eigenvalue weighted by molar-refractivity contribution is 4.98. The van der Waals surface area contributed by atoms with Crippen LogP contribution in [0.4, 0.5) is 0 Å². The van der Waals surface area contributed by atoms with Crippen molar-refractivity contribution in [3.63, 3.8) is 0 Å². The summed E-state index contributed by atoms with van der Waals surface area (Å²) in [6.45, 7) is 15.4. The SMILES string of the molecule is CC(C)(C)OC(C1COC(C)(C)O1)C(C1CC1)C1COC(C)(C)O1. The number of ether oxygens (including phenoxy) is 5. The second kappa shape index (κ2) is 6.20. The number of hydrogen-bond donors (Lipinski definition) is 0. The van der Waals surface area contributed by atoms with Gasteiger partial charge in [0.15, 0.2) is 11.6 Å². The van der Waals surface area contributed by atoms with E-state index in [2.05, 4.69) is 20.8 Å². The van der Waals surface area contributed by atoms with Crippen LogP contribution in [0.3, 0.4) is 0 Å². The maximum absolute atomic E-state index is 6.52. The zero-order valence-electron chi connectivity index (χ0n) is 16.3. The summed E-state index contributed by atoms with van der Waals surface area (Å²) in [5.41, 5.74) is -0.247. The Hall–Kier alpha value is -0.200. The van der Waals surface area contributed by atoms with Crippen molar-refractivity contribution in [1.82, 2.24) is 0 Å². The molecule has 3 aliphatic rings. The minimum Gasteiger partial charge on any atom is -0.369 e. The summed E-state index contributed by atoms with van der Waals surface area (Å²) in [5, 5.41) is 0. The van der Waals surface area contributed by atoms with Crippen molar-refractivity contribution in [1.29, 1.82) is 0 Å². The van der Waals surface area contributed by atoms with Gasteiger partial charge in [0, 0.05) is 5.92 Å². The Morgan fingerprint density at radius 3 is 1.75 bits per heavy atom. The van der Waals surface area contributed by atoms with Crippen LogP contribution in [-0.4, -0.2) is 48.7 Å². The van der Waals surface area contributed by atoms with Crippen molar-refractivity contribution < 1.29 is 23.7 Å². The molecule has 2 aliphatic heterocycles. The molecule has 140 valence electrons. The van der Waals surface area contributed by atoms with E-state index in [1.807, 2.05) is 27.7 Å². The molecule has 0 aromatic carbocycles. The third-order valence-corrected chi connectivity index (χ3v) is 4.89. The molecule has 5 nitrogen and oxygen atoms in total. The van der Waals surface area contributed by atoms with Crippen molar-refractivity contribution in [2.45, 2.75) is 96.8 Å². The van der Waals surface area contributed by atoms with E-state index in [-0.39, 0.29) is 29.8 Å². The summed E-state index contributed by atoms with van der Waals surface area (Å²) in [6.07, 6.45) is 2.38. The van der Waals surface area contributed by atoms with E-state index < -0.39 is 11.6 Å². The third-order valence-electron chi connectivity index (χ3n) is 4.89. The zero-order chi connectivity index (χ0) is 17.8. The summed E-state index contributed by atoms with van der Waals surface area (Å²) in [5.74, 6) is -0.179. The second-order valence-electron chi connectivity index (χ2n) is 9.34. The van der Waals surface area contributed by atoms with Crippen LogP contribution in [0.5, 0.6) is 0 Å². The molecule has 2 saturated heterocycles. The van der Waals surface area contributed by atoms with E-state index in [1.165, 1.54) is 12.8 Å². The molecule has 1 aliphatic carbocycles. The lowest BCUT2D eigenvalue weighted by atomic mass is 9.87. The fraction of sp³-hybridized carbons (Fsp3) is 1.00. The van der Waals surface area contributed by atoms with Crippen LogP contribution in [0.15, 0.2) is 0 Å². The zero-order valence-corrected chi connectivity index (χ0v) is 16.3. The monoisotopic (exact) mass is 342 g/mol. The molecule has 0 aromatic heterocycles. The fourth-order valence-electron chi connectivity index (χ4n) is 3.86. The van der Waals surface area contributed by atoms with Crippen LogP contribution in [0.25, 0.3) is 0 Å². The molecule has 5 heteroatoms. The van der Waals surface area contributed by atoms with Crippen molar-refractivity contribution in [2.24, 2.45) is 11.8 Å². The average Bonchev–Trinajstić information content (AvgIpc) is 3.08. The van der Waals surface area contributed by atoms with Crippen molar-refractivity contribution >= 4 is 0 Å². The highest BCUT2D eigenvalue weighted by Gasteiger charge is 2.52. The molecular formula is C19H34O5. The third kappa shape index (κ3) is 4.50. The van der Waals surface area contributed by atoms with E-state index >= 15 is 0 Å². The van der Waals surface area contributed by atoms with Gasteiger partial charge in [0.25, 0.3) is 0 Å². The van der Waals surface area contributed by atoms with E-state index in [9.17, 15) is 0 Å². The van der Waals surface area contributed by atoms with Crippen molar-refractivity contribution in [3.8, 4) is 0 Å². The van der Waals surface area contributed by atoms with Gasteiger partial charge in [0.2, 0.25) is 0 Å². The lowest BCUT2D eigenvalue weighted by Crippen LogP contribution is -2.48. The Bertz CT molecular complexity index is 449. The van der Waals surface area contributed by atoms with Crippen molar-refractivity contribution in [2.75, 3.05) is 13.2 Å². The lowest BCUT2D eigenvalue weighted by Gasteiger charge is -2.38. The molecule has 2 heterocycles. The van der Waals surface area contributed by atoms with Gasteiger partial charge >= 0.3 is 0 Å². The molecule has 0 aromatic rings. The first kappa shape index (κ1) is 18.6. The van der Waals surface area contributed by atoms with Crippen LogP contribution in [0.2, 0.25) is 0 Å². The molecule has 1 saturated carbocycles. The van der Waals surface area contributed by atoms with Crippen molar-refractivity contribution in [3.05, 3.63) is 0 Å². The van der Waals surface area contributed by atoms with E-state index in [4.69, 9.17) is 23.7 Å². The quantitative estimate of drug-likeness (QED) is 0.765. The molecule has 0 spiro atoms. The molecule has 4 atom stereocenters. The van der Waals surface area contributed by atoms with Crippen LogP contribution < -0.4 is 0 Å². The van der Waals surface area contributed by atoms with Crippen LogP contribution in [-0.2, 0) is 23.7 Å². The summed E-state index contributed by atoms with van der Waals surface area (Å²) < 4.78 is 30.6. The first-order chi connectivity index (χ1) is 11.0. The molecule has 0 amide bonds. The Morgan fingerprint density at radius 1 is 0.875 bits per heavy atom. The highest BCUT2D eigenvalue weighted by atomic mass is 16.8. The molecule has 3 rings (SSSR count). The largest absolute Gasteiger partial charge is 0.369 e. The molecule has 0 bridgehead atoms. The Kier molecular flexibility index (Phi) is 4.80. The molecular weight excluding hydrogens is 308 g/mol. The van der Waals surface area contributed by atoms with Gasteiger partial charge in [0.05, 0.1) is 31.0 Å². The topological polar surface area (TPSA) is 46.2 Å². The number of hydrogen-bond acceptors (Lipinski definition) is 5. The van der Waals surface area contributed by atoms with Crippen LogP contribution >= 0.6 is 0 Å². The fourth-order valence-corrected chi connectivity index (χ4v) is 3.86. The minimum atomic E-state index is -0.551. The summed E-state index contributed by atoms with van der Waals surface area (Å²) in [6, 6.07) is 0. The second-order valence-corrected chi connectivity index (χ2v) is 9.34. The highest BCUT2D eigenvalue weighted by Crippen LogP contribution is 2.47. The van der Waals surface area contributed by atoms with Gasteiger partial charge in [-0.05, 0) is 67.2 Å². The Labute approximate surface area is 146 Å². The van der Waals surface area contributed by atoms with Gasteiger partial charge in [-0.1, -0.05) is 0 Å². The van der Waals surface area contributed by atoms with E-state index in [1.54, 1.807) is 0 Å². The summed E-state index contributed by atoms with van der Waals surface area (Å²) in [4.78, 5) is 0. The average molecular weight is 342 g/mol. The smallest absolute Gasteiger partial charge is 0.163 e. The maximum atomic E-state index is 6.52. The predicted molar refractivity (Wildman–Crippen MR) is 90.6 cm³/mol. The summed E-state index contributed by atoms with van der Waals surface area (Å²) >= 11 is 0. The van der Waals surface area contributed by atoms with Gasteiger partial charge in [-0.15, -0.1) is 0 Å². The van der Waals surface area contributed by atoms with Crippen LogP contribution in [0.1, 0.15) is 61.3 Å². The first-order valence-corrected chi connectivity index (χ1v) is 9.27. The first-order valence-electron chi connectivity index (χ1n) is 9.27. The van der Waals surface area contributed by atoms with Crippen LogP contribution in [0, 0.1) is 11.8 Å². The molecule has 3 fully saturated rings. The molecule has 0 N–H and O–H groups in total. The minimum absolute atomic E-state index is 0.0483. The van der Waals surface area contributed by atoms with Gasteiger partial charge in [-0.3, -0.25) is 0 Å². The Balaban J connectivity index is 1.81. The predicted octanol–water partition coefficient (Wildman–Crippen LogP) is 3.50.